The second-order valence-electron chi connectivity index (χ2n) is 4.59. The summed E-state index contributed by atoms with van der Waals surface area (Å²) in [4.78, 5) is 0. The smallest absolute Gasteiger partial charge is 0.161 e. The predicted octanol–water partition coefficient (Wildman–Crippen LogP) is 2.82. The van der Waals surface area contributed by atoms with Crippen LogP contribution in [0.15, 0.2) is 42.5 Å². The van der Waals surface area contributed by atoms with Gasteiger partial charge in [-0.15, -0.1) is 0 Å². The highest BCUT2D eigenvalue weighted by Gasteiger charge is 2.05. The molecule has 112 valence electrons. The number of rotatable bonds is 7. The molecule has 4 heteroatoms. The van der Waals surface area contributed by atoms with Crippen LogP contribution in [0.3, 0.4) is 0 Å². The Kier molecular flexibility index (Phi) is 5.46. The van der Waals surface area contributed by atoms with E-state index >= 15 is 0 Å². The molecule has 0 aliphatic heterocycles. The Morgan fingerprint density at radius 1 is 0.857 bits per heavy atom. The molecule has 0 radical (unpaired) electrons. The Hall–Kier alpha value is -2.20. The summed E-state index contributed by atoms with van der Waals surface area (Å²) in [5.41, 5.74) is 1.98. The Bertz CT molecular complexity index is 564. The van der Waals surface area contributed by atoms with Crippen molar-refractivity contribution in [3.8, 4) is 17.2 Å². The van der Waals surface area contributed by atoms with Crippen LogP contribution in [0.5, 0.6) is 17.2 Å². The van der Waals surface area contributed by atoms with Crippen molar-refractivity contribution in [2.24, 2.45) is 0 Å². The first-order valence-corrected chi connectivity index (χ1v) is 6.80. The Morgan fingerprint density at radius 2 is 1.57 bits per heavy atom. The minimum Gasteiger partial charge on any atom is -0.497 e. The standard InChI is InChI=1S/C17H20O4/c1-19-15-6-3-13(4-7-15)9-10-21-17-11-14(12-18)5-8-16(17)20-2/h3-8,11,18H,9-10,12H2,1-2H3. The summed E-state index contributed by atoms with van der Waals surface area (Å²) in [6, 6.07) is 13.3. The molecule has 0 bridgehead atoms. The van der Waals surface area contributed by atoms with Crippen LogP contribution in [0.25, 0.3) is 0 Å². The van der Waals surface area contributed by atoms with Crippen molar-refractivity contribution < 1.29 is 19.3 Å². The third kappa shape index (κ3) is 4.13. The van der Waals surface area contributed by atoms with Gasteiger partial charge >= 0.3 is 0 Å². The van der Waals surface area contributed by atoms with Crippen molar-refractivity contribution in [2.75, 3.05) is 20.8 Å². The van der Waals surface area contributed by atoms with Crippen LogP contribution in [-0.2, 0) is 13.0 Å². The van der Waals surface area contributed by atoms with E-state index < -0.39 is 0 Å². The van der Waals surface area contributed by atoms with E-state index in [0.717, 1.165) is 17.7 Å². The van der Waals surface area contributed by atoms with Gasteiger partial charge in [-0.1, -0.05) is 18.2 Å². The fourth-order valence-electron chi connectivity index (χ4n) is 2.00. The Labute approximate surface area is 124 Å². The topological polar surface area (TPSA) is 47.9 Å². The third-order valence-corrected chi connectivity index (χ3v) is 3.22. The highest BCUT2D eigenvalue weighted by molar-refractivity contribution is 5.42. The summed E-state index contributed by atoms with van der Waals surface area (Å²) in [6.45, 7) is 0.524. The van der Waals surface area contributed by atoms with Crippen molar-refractivity contribution in [2.45, 2.75) is 13.0 Å². The van der Waals surface area contributed by atoms with Gasteiger partial charge in [0, 0.05) is 6.42 Å². The van der Waals surface area contributed by atoms with Gasteiger partial charge in [-0.05, 0) is 35.4 Å². The van der Waals surface area contributed by atoms with E-state index in [4.69, 9.17) is 14.2 Å². The maximum Gasteiger partial charge on any atom is 0.161 e. The number of benzene rings is 2. The first-order chi connectivity index (χ1) is 10.3. The first-order valence-electron chi connectivity index (χ1n) is 6.80. The average molecular weight is 288 g/mol. The van der Waals surface area contributed by atoms with Crippen LogP contribution in [0.2, 0.25) is 0 Å². The molecule has 0 atom stereocenters. The first kappa shape index (κ1) is 15.2. The van der Waals surface area contributed by atoms with Gasteiger partial charge in [-0.2, -0.15) is 0 Å². The molecule has 4 nitrogen and oxygen atoms in total. The molecule has 2 rings (SSSR count). The van der Waals surface area contributed by atoms with Crippen molar-refractivity contribution in [3.63, 3.8) is 0 Å². The van der Waals surface area contributed by atoms with E-state index in [-0.39, 0.29) is 6.61 Å². The molecule has 2 aromatic carbocycles. The van der Waals surface area contributed by atoms with Crippen LogP contribution in [0, 0.1) is 0 Å². The van der Waals surface area contributed by atoms with E-state index in [9.17, 15) is 5.11 Å². The maximum absolute atomic E-state index is 9.17. The zero-order valence-corrected chi connectivity index (χ0v) is 12.3. The lowest BCUT2D eigenvalue weighted by molar-refractivity contribution is 0.276. The monoisotopic (exact) mass is 288 g/mol. The summed E-state index contributed by atoms with van der Waals surface area (Å²) < 4.78 is 16.1. The van der Waals surface area contributed by atoms with Gasteiger partial charge in [0.15, 0.2) is 11.5 Å². The number of aliphatic hydroxyl groups excluding tert-OH is 1. The van der Waals surface area contributed by atoms with E-state index in [2.05, 4.69) is 0 Å². The van der Waals surface area contributed by atoms with Gasteiger partial charge in [-0.25, -0.2) is 0 Å². The number of hydrogen-bond donors (Lipinski definition) is 1. The highest BCUT2D eigenvalue weighted by Crippen LogP contribution is 2.28. The highest BCUT2D eigenvalue weighted by atomic mass is 16.5. The van der Waals surface area contributed by atoms with E-state index in [1.165, 1.54) is 5.56 Å². The molecule has 2 aromatic rings. The van der Waals surface area contributed by atoms with Gasteiger partial charge < -0.3 is 19.3 Å². The number of methoxy groups -OCH3 is 2. The van der Waals surface area contributed by atoms with E-state index in [1.807, 2.05) is 30.3 Å². The van der Waals surface area contributed by atoms with Crippen LogP contribution in [0.1, 0.15) is 11.1 Å². The molecule has 0 unspecified atom stereocenters. The molecule has 0 aliphatic rings. The molecule has 0 aliphatic carbocycles. The zero-order chi connectivity index (χ0) is 15.1. The summed E-state index contributed by atoms with van der Waals surface area (Å²) in [5, 5.41) is 9.17. The second kappa shape index (κ2) is 7.55. The van der Waals surface area contributed by atoms with Crippen LogP contribution < -0.4 is 14.2 Å². The molecule has 0 fully saturated rings. The molecule has 0 saturated carbocycles. The van der Waals surface area contributed by atoms with Gasteiger partial charge in [0.05, 0.1) is 27.4 Å². The summed E-state index contributed by atoms with van der Waals surface area (Å²) in [7, 11) is 3.25. The second-order valence-corrected chi connectivity index (χ2v) is 4.59. The van der Waals surface area contributed by atoms with Gasteiger partial charge in [0.25, 0.3) is 0 Å². The SMILES string of the molecule is COc1ccc(CCOc2cc(CO)ccc2OC)cc1. The predicted molar refractivity (Wildman–Crippen MR) is 81.1 cm³/mol. The lowest BCUT2D eigenvalue weighted by atomic mass is 10.1. The molecular formula is C17H20O4. The lowest BCUT2D eigenvalue weighted by Gasteiger charge is -2.12. The molecule has 0 aromatic heterocycles. The third-order valence-electron chi connectivity index (χ3n) is 3.22. The van der Waals surface area contributed by atoms with Gasteiger partial charge in [0.2, 0.25) is 0 Å². The van der Waals surface area contributed by atoms with Crippen molar-refractivity contribution in [1.82, 2.24) is 0 Å². The molecule has 1 N–H and O–H groups in total. The van der Waals surface area contributed by atoms with Gasteiger partial charge in [-0.3, -0.25) is 0 Å². The summed E-state index contributed by atoms with van der Waals surface area (Å²) in [6.07, 6.45) is 0.788. The fraction of sp³-hybridized carbons (Fsp3) is 0.294. The largest absolute Gasteiger partial charge is 0.497 e. The van der Waals surface area contributed by atoms with Crippen molar-refractivity contribution in [1.29, 1.82) is 0 Å². The number of hydrogen-bond acceptors (Lipinski definition) is 4. The Balaban J connectivity index is 1.95. The minimum absolute atomic E-state index is 0.0150. The quantitative estimate of drug-likeness (QED) is 0.851. The molecule has 0 heterocycles. The molecular weight excluding hydrogens is 268 g/mol. The molecule has 0 amide bonds. The van der Waals surface area contributed by atoms with E-state index in [1.54, 1.807) is 26.4 Å². The average Bonchev–Trinajstić information content (AvgIpc) is 2.55. The minimum atomic E-state index is -0.0150. The lowest BCUT2D eigenvalue weighted by Crippen LogP contribution is -2.03. The maximum atomic E-state index is 9.17. The van der Waals surface area contributed by atoms with Crippen LogP contribution in [-0.4, -0.2) is 25.9 Å². The fourth-order valence-corrected chi connectivity index (χ4v) is 2.00. The van der Waals surface area contributed by atoms with Crippen LogP contribution >= 0.6 is 0 Å². The zero-order valence-electron chi connectivity index (χ0n) is 12.3. The van der Waals surface area contributed by atoms with Crippen molar-refractivity contribution in [3.05, 3.63) is 53.6 Å². The number of ether oxygens (including phenoxy) is 3. The number of aliphatic hydroxyl groups is 1. The van der Waals surface area contributed by atoms with E-state index in [0.29, 0.717) is 18.1 Å². The normalized spacial score (nSPS) is 10.2. The van der Waals surface area contributed by atoms with Crippen LogP contribution in [0.4, 0.5) is 0 Å². The summed E-state index contributed by atoms with van der Waals surface area (Å²) >= 11 is 0. The molecule has 0 saturated heterocycles. The Morgan fingerprint density at radius 3 is 2.19 bits per heavy atom. The summed E-state index contributed by atoms with van der Waals surface area (Å²) in [5.74, 6) is 2.16. The molecule has 0 spiro atoms. The molecule has 21 heavy (non-hydrogen) atoms. The van der Waals surface area contributed by atoms with Crippen molar-refractivity contribution >= 4 is 0 Å². The van der Waals surface area contributed by atoms with Gasteiger partial charge in [0.1, 0.15) is 5.75 Å².